The van der Waals surface area contributed by atoms with E-state index in [1.807, 2.05) is 51.1 Å². The molecule has 1 fully saturated rings. The van der Waals surface area contributed by atoms with Crippen molar-refractivity contribution in [3.8, 4) is 16.9 Å². The summed E-state index contributed by atoms with van der Waals surface area (Å²) in [6.45, 7) is 7.95. The maximum absolute atomic E-state index is 14.2. The van der Waals surface area contributed by atoms with E-state index in [-0.39, 0.29) is 23.6 Å². The Morgan fingerprint density at radius 1 is 1.07 bits per heavy atom. The van der Waals surface area contributed by atoms with Crippen LogP contribution in [-0.4, -0.2) is 64.7 Å². The van der Waals surface area contributed by atoms with E-state index in [1.165, 1.54) is 12.1 Å². The van der Waals surface area contributed by atoms with Gasteiger partial charge in [0.1, 0.15) is 5.82 Å². The summed E-state index contributed by atoms with van der Waals surface area (Å²) in [7, 11) is 1.62. The van der Waals surface area contributed by atoms with Crippen molar-refractivity contribution in [2.75, 3.05) is 38.7 Å². The first kappa shape index (κ1) is 30.1. The van der Waals surface area contributed by atoms with Gasteiger partial charge in [0.05, 0.1) is 24.0 Å². The van der Waals surface area contributed by atoms with Crippen molar-refractivity contribution in [1.82, 2.24) is 24.6 Å². The van der Waals surface area contributed by atoms with Gasteiger partial charge in [0.2, 0.25) is 0 Å². The maximum Gasteiger partial charge on any atom is 0.320 e. The number of amides is 2. The van der Waals surface area contributed by atoms with Crippen LogP contribution in [0.3, 0.4) is 0 Å². The Morgan fingerprint density at radius 2 is 1.84 bits per heavy atom. The zero-order valence-electron chi connectivity index (χ0n) is 24.7. The van der Waals surface area contributed by atoms with E-state index in [2.05, 4.69) is 15.5 Å². The number of para-hydroxylation sites is 1. The van der Waals surface area contributed by atoms with Gasteiger partial charge in [-0.15, -0.1) is 0 Å². The van der Waals surface area contributed by atoms with Crippen LogP contribution < -0.4 is 16.2 Å². The number of methoxy groups -OCH3 is 1. The molecule has 0 saturated carbocycles. The lowest BCUT2D eigenvalue weighted by molar-refractivity contribution is 0.159. The van der Waals surface area contributed by atoms with E-state index in [0.29, 0.717) is 43.3 Å². The van der Waals surface area contributed by atoms with Gasteiger partial charge in [-0.1, -0.05) is 24.3 Å². The minimum absolute atomic E-state index is 0.0373. The first-order chi connectivity index (χ1) is 20.7. The number of carbonyl (C=O) groups excluding carboxylic acids is 1. The van der Waals surface area contributed by atoms with Crippen LogP contribution >= 0.6 is 0 Å². The molecule has 2 N–H and O–H groups in total. The third-order valence-corrected chi connectivity index (χ3v) is 7.82. The minimum atomic E-state index is -0.922. The molecule has 0 spiro atoms. The van der Waals surface area contributed by atoms with Gasteiger partial charge in [0, 0.05) is 62.1 Å². The molecule has 2 aromatic heterocycles. The lowest BCUT2D eigenvalue weighted by atomic mass is 9.94. The largest absolute Gasteiger partial charge is 0.383 e. The van der Waals surface area contributed by atoms with Crippen LogP contribution in [0.1, 0.15) is 36.9 Å². The number of likely N-dealkylation sites (tertiary alicyclic amines) is 1. The van der Waals surface area contributed by atoms with Gasteiger partial charge in [-0.05, 0) is 56.7 Å². The molecule has 1 saturated heterocycles. The number of aromatic nitrogens is 3. The monoisotopic (exact) mass is 590 g/mol. The van der Waals surface area contributed by atoms with Crippen molar-refractivity contribution < 1.29 is 18.3 Å². The number of ether oxygens (including phenoxy) is 1. The number of nitrogens with zero attached hydrogens (tertiary/aromatic N) is 4. The summed E-state index contributed by atoms with van der Waals surface area (Å²) in [6, 6.07) is 15.7. The molecule has 2 aromatic carbocycles. The first-order valence-corrected chi connectivity index (χ1v) is 14.3. The number of pyridine rings is 1. The molecule has 2 atom stereocenters. The third-order valence-electron chi connectivity index (χ3n) is 7.82. The highest BCUT2D eigenvalue weighted by Gasteiger charge is 2.35. The fourth-order valence-electron chi connectivity index (χ4n) is 5.55. The summed E-state index contributed by atoms with van der Waals surface area (Å²) >= 11 is 0. The highest BCUT2D eigenvalue weighted by atomic mass is 19.2. The van der Waals surface area contributed by atoms with E-state index in [4.69, 9.17) is 9.84 Å². The molecule has 3 heterocycles. The molecule has 0 bridgehead atoms. The molecule has 5 rings (SSSR count). The number of halogens is 2. The normalized spacial score (nSPS) is 17.0. The van der Waals surface area contributed by atoms with E-state index in [1.54, 1.807) is 34.7 Å². The molecular weight excluding hydrogens is 554 g/mol. The molecule has 43 heavy (non-hydrogen) atoms. The number of nitrogens with one attached hydrogen (secondary N) is 2. The van der Waals surface area contributed by atoms with Crippen LogP contribution in [-0.2, 0) is 4.74 Å². The molecule has 4 aromatic rings. The zero-order valence-corrected chi connectivity index (χ0v) is 24.7. The molecule has 9 nitrogen and oxygen atoms in total. The van der Waals surface area contributed by atoms with Gasteiger partial charge >= 0.3 is 6.03 Å². The highest BCUT2D eigenvalue weighted by molar-refractivity contribution is 5.91. The van der Waals surface area contributed by atoms with E-state index >= 15 is 0 Å². The van der Waals surface area contributed by atoms with Crippen molar-refractivity contribution >= 4 is 11.8 Å². The van der Waals surface area contributed by atoms with E-state index < -0.39 is 17.7 Å². The molecule has 2 amide bonds. The molecule has 0 radical (unpaired) electrons. The smallest absolute Gasteiger partial charge is 0.320 e. The van der Waals surface area contributed by atoms with Crippen molar-refractivity contribution in [2.24, 2.45) is 0 Å². The van der Waals surface area contributed by atoms with Gasteiger partial charge in [0.25, 0.3) is 5.56 Å². The second-order valence-corrected chi connectivity index (χ2v) is 11.1. The summed E-state index contributed by atoms with van der Waals surface area (Å²) in [5.74, 6) is -1.62. The van der Waals surface area contributed by atoms with Crippen molar-refractivity contribution in [3.05, 3.63) is 100.0 Å². The Hall–Kier alpha value is -4.35. The topological polar surface area (TPSA) is 93.4 Å². The van der Waals surface area contributed by atoms with Gasteiger partial charge in [-0.3, -0.25) is 15.0 Å². The quantitative estimate of drug-likeness (QED) is 0.283. The molecule has 226 valence electrons. The average molecular weight is 591 g/mol. The van der Waals surface area contributed by atoms with Gasteiger partial charge in [-0.25, -0.2) is 18.3 Å². The number of carbonyl (C=O) groups is 1. The molecular formula is C32H36F2N6O3. The van der Waals surface area contributed by atoms with Crippen LogP contribution in [0.2, 0.25) is 0 Å². The Bertz CT molecular complexity index is 1650. The minimum Gasteiger partial charge on any atom is -0.383 e. The summed E-state index contributed by atoms with van der Waals surface area (Å²) < 4.78 is 36.4. The fourth-order valence-corrected chi connectivity index (χ4v) is 5.55. The van der Waals surface area contributed by atoms with Gasteiger partial charge in [0.15, 0.2) is 11.6 Å². The van der Waals surface area contributed by atoms with Crippen LogP contribution in [0, 0.1) is 18.6 Å². The maximum atomic E-state index is 14.2. The number of benzene rings is 2. The number of hydrogen-bond donors (Lipinski definition) is 2. The number of hydrogen-bond acceptors (Lipinski definition) is 5. The summed E-state index contributed by atoms with van der Waals surface area (Å²) in [6.07, 6.45) is 1.78. The first-order valence-electron chi connectivity index (χ1n) is 14.3. The lowest BCUT2D eigenvalue weighted by Gasteiger charge is -2.21. The molecule has 1 aliphatic heterocycles. The SMILES string of the molecule is COCCN1C[C@@H](NC(=O)Nc2c(C)c(-c3ccc(=O)n(C(C)C)c3)nn2-c2ccccc2)[C@H](c2ccc(F)c(F)c2)C1. The summed E-state index contributed by atoms with van der Waals surface area (Å²) in [5, 5.41) is 10.9. The van der Waals surface area contributed by atoms with Crippen LogP contribution in [0.25, 0.3) is 16.9 Å². The highest BCUT2D eigenvalue weighted by Crippen LogP contribution is 2.32. The Kier molecular flexibility index (Phi) is 9.02. The standard InChI is InChI=1S/C32H36F2N6O3/c1-20(2)39-17-23(11-13-29(39)41)30-21(3)31(40(37-30)24-8-6-5-7-9-24)36-32(42)35-28-19-38(14-15-43-4)18-25(28)22-10-12-26(33)27(34)16-22/h5-13,16-17,20,25,28H,14-15,18-19H2,1-4H3,(H2,35,36,42)/t25-,28+/m0/s1. The molecule has 0 unspecified atom stereocenters. The lowest BCUT2D eigenvalue weighted by Crippen LogP contribution is -2.42. The van der Waals surface area contributed by atoms with E-state index in [9.17, 15) is 18.4 Å². The van der Waals surface area contributed by atoms with Crippen molar-refractivity contribution in [3.63, 3.8) is 0 Å². The van der Waals surface area contributed by atoms with Gasteiger partial charge < -0.3 is 14.6 Å². The Labute approximate surface area is 249 Å². The Balaban J connectivity index is 1.46. The molecule has 1 aliphatic rings. The van der Waals surface area contributed by atoms with Gasteiger partial charge in [-0.2, -0.15) is 5.10 Å². The Morgan fingerprint density at radius 3 is 2.53 bits per heavy atom. The number of urea groups is 1. The average Bonchev–Trinajstić information content (AvgIpc) is 3.54. The van der Waals surface area contributed by atoms with Crippen molar-refractivity contribution in [1.29, 1.82) is 0 Å². The predicted octanol–water partition coefficient (Wildman–Crippen LogP) is 5.10. The fraction of sp³-hybridized carbons (Fsp3) is 0.344. The number of anilines is 1. The van der Waals surface area contributed by atoms with Crippen molar-refractivity contribution in [2.45, 2.75) is 38.8 Å². The zero-order chi connectivity index (χ0) is 30.7. The van der Waals surface area contributed by atoms with Crippen LogP contribution in [0.4, 0.5) is 19.4 Å². The molecule has 0 aliphatic carbocycles. The predicted molar refractivity (Wildman–Crippen MR) is 162 cm³/mol. The van der Waals surface area contributed by atoms with E-state index in [0.717, 1.165) is 22.9 Å². The second-order valence-electron chi connectivity index (χ2n) is 11.1. The third kappa shape index (κ3) is 6.52. The summed E-state index contributed by atoms with van der Waals surface area (Å²) in [5.41, 5.74) is 3.33. The van der Waals surface area contributed by atoms with Crippen LogP contribution in [0.5, 0.6) is 0 Å². The second kappa shape index (κ2) is 12.9. The van der Waals surface area contributed by atoms with Crippen LogP contribution in [0.15, 0.2) is 71.7 Å². The molecule has 11 heteroatoms. The summed E-state index contributed by atoms with van der Waals surface area (Å²) in [4.78, 5) is 28.1. The number of rotatable bonds is 9.